The van der Waals surface area contributed by atoms with Gasteiger partial charge in [0.1, 0.15) is 0 Å². The monoisotopic (exact) mass is 422 g/mol. The van der Waals surface area contributed by atoms with E-state index in [0.717, 1.165) is 11.0 Å². The third-order valence-electron chi connectivity index (χ3n) is 4.61. The quantitative estimate of drug-likeness (QED) is 0.482. The van der Waals surface area contributed by atoms with E-state index in [0.29, 0.717) is 51.3 Å². The normalized spacial score (nSPS) is 18.3. The van der Waals surface area contributed by atoms with Gasteiger partial charge in [0.25, 0.3) is 5.91 Å². The molecule has 0 aliphatic carbocycles. The Balaban J connectivity index is 1.53. The largest absolute Gasteiger partial charge is 0.452 e. The van der Waals surface area contributed by atoms with Crippen LogP contribution in [0.15, 0.2) is 35.2 Å². The number of nitrogens with zero attached hydrogens (tertiary/aromatic N) is 2. The van der Waals surface area contributed by atoms with Crippen LogP contribution in [0.25, 0.3) is 6.08 Å². The molecule has 2 amide bonds. The number of benzene rings is 1. The molecular formula is C19H22N2O7S. The number of carbonyl (C=O) groups is 3. The lowest BCUT2D eigenvalue weighted by Crippen LogP contribution is -2.40. The molecule has 2 saturated heterocycles. The summed E-state index contributed by atoms with van der Waals surface area (Å²) in [5, 5.41) is 0. The maximum Gasteiger partial charge on any atom is 0.331 e. The van der Waals surface area contributed by atoms with Gasteiger partial charge in [-0.3, -0.25) is 14.5 Å². The van der Waals surface area contributed by atoms with E-state index in [1.807, 2.05) is 0 Å². The van der Waals surface area contributed by atoms with Gasteiger partial charge >= 0.3 is 5.97 Å². The molecule has 156 valence electrons. The fourth-order valence-electron chi connectivity index (χ4n) is 3.02. The molecule has 0 spiro atoms. The maximum absolute atomic E-state index is 12.6. The molecule has 0 saturated carbocycles. The van der Waals surface area contributed by atoms with E-state index < -0.39 is 28.5 Å². The van der Waals surface area contributed by atoms with Crippen molar-refractivity contribution in [2.45, 2.75) is 17.7 Å². The number of hydrogen-bond donors (Lipinski definition) is 0. The van der Waals surface area contributed by atoms with Crippen molar-refractivity contribution in [3.8, 4) is 0 Å². The highest BCUT2D eigenvalue weighted by atomic mass is 32.2. The van der Waals surface area contributed by atoms with Gasteiger partial charge in [-0.25, -0.2) is 13.2 Å². The molecule has 2 aliphatic rings. The van der Waals surface area contributed by atoms with Crippen molar-refractivity contribution in [2.24, 2.45) is 0 Å². The van der Waals surface area contributed by atoms with Crippen molar-refractivity contribution in [1.29, 1.82) is 0 Å². The number of ether oxygens (including phenoxy) is 2. The number of amides is 2. The average Bonchev–Trinajstić information content (AvgIpc) is 3.17. The van der Waals surface area contributed by atoms with Gasteiger partial charge in [-0.05, 0) is 30.2 Å². The van der Waals surface area contributed by atoms with Gasteiger partial charge in [0.15, 0.2) is 6.61 Å². The fourth-order valence-corrected chi connectivity index (χ4v) is 4.43. The smallest absolute Gasteiger partial charge is 0.331 e. The van der Waals surface area contributed by atoms with Gasteiger partial charge in [0.2, 0.25) is 15.9 Å². The lowest BCUT2D eigenvalue weighted by molar-refractivity contribution is -0.151. The summed E-state index contributed by atoms with van der Waals surface area (Å²) >= 11 is 0. The van der Waals surface area contributed by atoms with Crippen LogP contribution < -0.4 is 0 Å². The summed E-state index contributed by atoms with van der Waals surface area (Å²) in [7, 11) is -3.57. The highest BCUT2D eigenvalue weighted by Crippen LogP contribution is 2.18. The molecule has 0 bridgehead atoms. The molecule has 0 N–H and O–H groups in total. The Morgan fingerprint density at radius 3 is 2.41 bits per heavy atom. The van der Waals surface area contributed by atoms with E-state index in [4.69, 9.17) is 9.47 Å². The molecule has 2 heterocycles. The number of carbonyl (C=O) groups excluding carboxylic acids is 3. The SMILES string of the molecule is O=C(/C=C/c1ccc(S(=O)(=O)N2CCOCC2)cc1)OCC(=O)N1CCCC1=O. The van der Waals surface area contributed by atoms with Crippen molar-refractivity contribution in [1.82, 2.24) is 9.21 Å². The van der Waals surface area contributed by atoms with Gasteiger partial charge in [-0.2, -0.15) is 4.31 Å². The molecule has 1 aromatic rings. The predicted octanol–water partition coefficient (Wildman–Crippen LogP) is 0.413. The highest BCUT2D eigenvalue weighted by Gasteiger charge is 2.27. The Bertz CT molecular complexity index is 903. The van der Waals surface area contributed by atoms with Gasteiger partial charge in [0, 0.05) is 32.1 Å². The lowest BCUT2D eigenvalue weighted by Gasteiger charge is -2.26. The van der Waals surface area contributed by atoms with Crippen molar-refractivity contribution >= 4 is 33.9 Å². The molecule has 0 aromatic heterocycles. The first kappa shape index (κ1) is 21.2. The van der Waals surface area contributed by atoms with E-state index in [2.05, 4.69) is 0 Å². The zero-order chi connectivity index (χ0) is 20.9. The van der Waals surface area contributed by atoms with E-state index in [1.54, 1.807) is 12.1 Å². The third-order valence-corrected chi connectivity index (χ3v) is 6.53. The molecule has 9 nitrogen and oxygen atoms in total. The Kier molecular flexibility index (Phi) is 6.78. The summed E-state index contributed by atoms with van der Waals surface area (Å²) in [6, 6.07) is 6.09. The lowest BCUT2D eigenvalue weighted by atomic mass is 10.2. The van der Waals surface area contributed by atoms with Crippen molar-refractivity contribution < 1.29 is 32.3 Å². The molecule has 2 aliphatic heterocycles. The Hall–Kier alpha value is -2.56. The standard InChI is InChI=1S/C19H22N2O7S/c22-17-2-1-9-21(17)18(23)14-28-19(24)8-5-15-3-6-16(7-4-15)29(25,26)20-10-12-27-13-11-20/h3-8H,1-2,9-14H2/b8-5+. The molecule has 10 heteroatoms. The number of likely N-dealkylation sites (tertiary alicyclic amines) is 1. The molecule has 0 unspecified atom stereocenters. The highest BCUT2D eigenvalue weighted by molar-refractivity contribution is 7.89. The Morgan fingerprint density at radius 2 is 1.79 bits per heavy atom. The van der Waals surface area contributed by atoms with E-state index >= 15 is 0 Å². The van der Waals surface area contributed by atoms with Crippen molar-refractivity contribution in [2.75, 3.05) is 39.5 Å². The Labute approximate surface area is 168 Å². The van der Waals surface area contributed by atoms with E-state index in [9.17, 15) is 22.8 Å². The fraction of sp³-hybridized carbons (Fsp3) is 0.421. The maximum atomic E-state index is 12.6. The van der Waals surface area contributed by atoms with Crippen LogP contribution in [-0.4, -0.2) is 74.9 Å². The summed E-state index contributed by atoms with van der Waals surface area (Å²) in [5.74, 6) is -1.52. The predicted molar refractivity (Wildman–Crippen MR) is 102 cm³/mol. The van der Waals surface area contributed by atoms with Gasteiger partial charge in [-0.15, -0.1) is 0 Å². The second-order valence-corrected chi connectivity index (χ2v) is 8.51. The number of hydrogen-bond acceptors (Lipinski definition) is 7. The minimum atomic E-state index is -3.57. The summed E-state index contributed by atoms with van der Waals surface area (Å²) < 4.78 is 36.5. The minimum Gasteiger partial charge on any atom is -0.452 e. The summed E-state index contributed by atoms with van der Waals surface area (Å²) in [5.41, 5.74) is 0.601. The first-order valence-electron chi connectivity index (χ1n) is 9.24. The second kappa shape index (κ2) is 9.29. The van der Waals surface area contributed by atoms with Crippen LogP contribution in [0.3, 0.4) is 0 Å². The van der Waals surface area contributed by atoms with Crippen molar-refractivity contribution in [3.05, 3.63) is 35.9 Å². The number of sulfonamides is 1. The Morgan fingerprint density at radius 1 is 1.10 bits per heavy atom. The second-order valence-electron chi connectivity index (χ2n) is 6.57. The number of imide groups is 1. The molecule has 2 fully saturated rings. The van der Waals surface area contributed by atoms with Gasteiger partial charge in [0.05, 0.1) is 18.1 Å². The molecular weight excluding hydrogens is 400 g/mol. The first-order valence-corrected chi connectivity index (χ1v) is 10.7. The van der Waals surface area contributed by atoms with Crippen LogP contribution in [0.4, 0.5) is 0 Å². The van der Waals surface area contributed by atoms with E-state index in [-0.39, 0.29) is 10.8 Å². The summed E-state index contributed by atoms with van der Waals surface area (Å²) in [6.07, 6.45) is 3.55. The van der Waals surface area contributed by atoms with Crippen LogP contribution >= 0.6 is 0 Å². The topological polar surface area (TPSA) is 110 Å². The molecule has 29 heavy (non-hydrogen) atoms. The minimum absolute atomic E-state index is 0.167. The number of rotatable bonds is 6. The molecule has 3 rings (SSSR count). The van der Waals surface area contributed by atoms with E-state index in [1.165, 1.54) is 22.5 Å². The van der Waals surface area contributed by atoms with Crippen LogP contribution in [0.5, 0.6) is 0 Å². The molecule has 0 atom stereocenters. The molecule has 1 aromatic carbocycles. The van der Waals surface area contributed by atoms with Crippen LogP contribution in [0.2, 0.25) is 0 Å². The van der Waals surface area contributed by atoms with Crippen LogP contribution in [0.1, 0.15) is 18.4 Å². The average molecular weight is 422 g/mol. The van der Waals surface area contributed by atoms with Gasteiger partial charge in [-0.1, -0.05) is 12.1 Å². The van der Waals surface area contributed by atoms with Crippen LogP contribution in [0, 0.1) is 0 Å². The summed E-state index contributed by atoms with van der Waals surface area (Å²) in [4.78, 5) is 36.3. The number of esters is 1. The summed E-state index contributed by atoms with van der Waals surface area (Å²) in [6.45, 7) is 1.23. The van der Waals surface area contributed by atoms with Gasteiger partial charge < -0.3 is 9.47 Å². The zero-order valence-electron chi connectivity index (χ0n) is 15.8. The zero-order valence-corrected chi connectivity index (χ0v) is 16.6. The number of morpholine rings is 1. The first-order chi connectivity index (χ1) is 13.9. The molecule has 0 radical (unpaired) electrons. The van der Waals surface area contributed by atoms with Crippen molar-refractivity contribution in [3.63, 3.8) is 0 Å². The van der Waals surface area contributed by atoms with Crippen LogP contribution in [-0.2, 0) is 33.9 Å². The third kappa shape index (κ3) is 5.28.